The maximum Gasteiger partial charge on any atom is 0.455 e. The number of rotatable bonds is 6. The van der Waals surface area contributed by atoms with E-state index in [9.17, 15) is 24.8 Å². The Kier molecular flexibility index (Phi) is 7.08. The molecule has 2 heterocycles. The van der Waals surface area contributed by atoms with Gasteiger partial charge in [0.15, 0.2) is 0 Å². The number of aliphatic hydroxyl groups excluding tert-OH is 1. The summed E-state index contributed by atoms with van der Waals surface area (Å²) < 4.78 is 6.06. The number of aliphatic hydroxyl groups is 1. The lowest BCUT2D eigenvalue weighted by Crippen LogP contribution is -2.46. The van der Waals surface area contributed by atoms with Gasteiger partial charge in [-0.15, -0.1) is 0 Å². The van der Waals surface area contributed by atoms with Crippen LogP contribution in [0.15, 0.2) is 77.9 Å². The highest BCUT2D eigenvalue weighted by Gasteiger charge is 2.56. The molecular weight excluding hydrogens is 505 g/mol. The van der Waals surface area contributed by atoms with Crippen LogP contribution >= 0.6 is 0 Å². The molecule has 1 aliphatic carbocycles. The van der Waals surface area contributed by atoms with Crippen LogP contribution in [0, 0.1) is 17.8 Å². The molecule has 4 atom stereocenters. The number of likely N-dealkylation sites (tertiary alicyclic amines) is 1. The molecule has 3 N–H and O–H groups in total. The van der Waals surface area contributed by atoms with E-state index >= 15 is 0 Å². The van der Waals surface area contributed by atoms with Gasteiger partial charge < -0.3 is 19.9 Å². The van der Waals surface area contributed by atoms with Gasteiger partial charge in [-0.2, -0.15) is 0 Å². The highest BCUT2D eigenvalue weighted by atomic mass is 16.5. The lowest BCUT2D eigenvalue weighted by atomic mass is 9.58. The van der Waals surface area contributed by atoms with Crippen LogP contribution in [0.4, 0.5) is 0 Å². The standard InChI is InChI=1S/C32H32BNO6/c1-34-31(37)25-16-22(18-35)29-26(30(25)32(34)38)17-33(39)40-28(29)14-12-20(19-7-3-2-4-8-19)15-21-11-13-27(36)24-10-6-5-9-23(21)24/h2-11,13,15,25-26,28,30,35-36,39H,12,14,16-18H2,1H3/b20-15-/t25-,26+,28-,30-/m1/s1. The van der Waals surface area contributed by atoms with Gasteiger partial charge in [0.1, 0.15) is 5.75 Å². The summed E-state index contributed by atoms with van der Waals surface area (Å²) in [5, 5.41) is 33.1. The maximum absolute atomic E-state index is 13.1. The average molecular weight is 537 g/mol. The summed E-state index contributed by atoms with van der Waals surface area (Å²) in [7, 11) is 0.454. The quantitative estimate of drug-likeness (QED) is 0.188. The Hall–Kier alpha value is -3.72. The van der Waals surface area contributed by atoms with Crippen LogP contribution in [0.25, 0.3) is 22.4 Å². The number of hydrogen-bond acceptors (Lipinski definition) is 6. The lowest BCUT2D eigenvalue weighted by molar-refractivity contribution is -0.138. The van der Waals surface area contributed by atoms with Crippen LogP contribution in [0.3, 0.4) is 0 Å². The largest absolute Gasteiger partial charge is 0.507 e. The Labute approximate surface area is 233 Å². The van der Waals surface area contributed by atoms with E-state index in [4.69, 9.17) is 4.65 Å². The van der Waals surface area contributed by atoms with E-state index in [1.54, 1.807) is 6.07 Å². The Morgan fingerprint density at radius 3 is 2.48 bits per heavy atom. The van der Waals surface area contributed by atoms with Gasteiger partial charge >= 0.3 is 7.12 Å². The Balaban J connectivity index is 1.36. The second-order valence-corrected chi connectivity index (χ2v) is 11.0. The summed E-state index contributed by atoms with van der Waals surface area (Å²) in [6, 6.07) is 21.4. The monoisotopic (exact) mass is 537 g/mol. The van der Waals surface area contributed by atoms with Crippen molar-refractivity contribution < 1.29 is 29.5 Å². The third-order valence-electron chi connectivity index (χ3n) is 8.80. The van der Waals surface area contributed by atoms with Crippen LogP contribution in [-0.2, 0) is 14.2 Å². The van der Waals surface area contributed by atoms with Crippen molar-refractivity contribution in [1.29, 1.82) is 0 Å². The fourth-order valence-corrected chi connectivity index (χ4v) is 6.93. The van der Waals surface area contributed by atoms with Crippen molar-refractivity contribution in [3.63, 3.8) is 0 Å². The normalized spacial score (nSPS) is 25.0. The predicted octanol–water partition coefficient (Wildman–Crippen LogP) is 4.29. The van der Waals surface area contributed by atoms with Crippen molar-refractivity contribution in [1.82, 2.24) is 4.90 Å². The van der Waals surface area contributed by atoms with Crippen LogP contribution in [0.5, 0.6) is 5.75 Å². The number of carbonyl (C=O) groups is 2. The molecule has 3 aliphatic rings. The van der Waals surface area contributed by atoms with Gasteiger partial charge in [0, 0.05) is 12.4 Å². The van der Waals surface area contributed by atoms with E-state index in [0.717, 1.165) is 38.6 Å². The first-order valence-corrected chi connectivity index (χ1v) is 13.8. The Bertz CT molecular complexity index is 1530. The minimum absolute atomic E-state index is 0.211. The smallest absolute Gasteiger partial charge is 0.455 e. The van der Waals surface area contributed by atoms with Crippen molar-refractivity contribution in [2.75, 3.05) is 13.7 Å². The number of fused-ring (bicyclic) bond motifs is 4. The molecule has 0 spiro atoms. The summed E-state index contributed by atoms with van der Waals surface area (Å²) in [6.07, 6.45) is 3.32. The summed E-state index contributed by atoms with van der Waals surface area (Å²) in [6.45, 7) is -0.211. The minimum Gasteiger partial charge on any atom is -0.507 e. The molecule has 2 saturated heterocycles. The average Bonchev–Trinajstić information content (AvgIpc) is 3.19. The zero-order valence-electron chi connectivity index (χ0n) is 22.4. The van der Waals surface area contributed by atoms with Crippen molar-refractivity contribution in [3.05, 3.63) is 89.0 Å². The number of nitrogens with zero attached hydrogens (tertiary/aromatic N) is 1. The number of carbonyl (C=O) groups excluding carboxylic acids is 2. The summed E-state index contributed by atoms with van der Waals surface area (Å²) in [4.78, 5) is 27.1. The van der Waals surface area contributed by atoms with Gasteiger partial charge in [-0.3, -0.25) is 14.5 Å². The van der Waals surface area contributed by atoms with Crippen molar-refractivity contribution in [2.24, 2.45) is 17.8 Å². The lowest BCUT2D eigenvalue weighted by Gasteiger charge is -2.43. The van der Waals surface area contributed by atoms with Gasteiger partial charge in [0.05, 0.1) is 24.5 Å². The fourth-order valence-electron chi connectivity index (χ4n) is 6.93. The first kappa shape index (κ1) is 26.5. The third-order valence-corrected chi connectivity index (χ3v) is 8.80. The molecule has 40 heavy (non-hydrogen) atoms. The predicted molar refractivity (Wildman–Crippen MR) is 154 cm³/mol. The summed E-state index contributed by atoms with van der Waals surface area (Å²) in [5.74, 6) is -1.58. The van der Waals surface area contributed by atoms with Gasteiger partial charge in [0.25, 0.3) is 0 Å². The van der Waals surface area contributed by atoms with Gasteiger partial charge in [-0.05, 0) is 70.8 Å². The van der Waals surface area contributed by atoms with E-state index in [1.807, 2.05) is 48.5 Å². The molecule has 2 fully saturated rings. The van der Waals surface area contributed by atoms with Gasteiger partial charge in [-0.25, -0.2) is 0 Å². The molecule has 3 aromatic rings. The molecule has 8 heteroatoms. The molecule has 7 nitrogen and oxygen atoms in total. The zero-order valence-corrected chi connectivity index (χ0v) is 22.4. The van der Waals surface area contributed by atoms with E-state index < -0.39 is 25.1 Å². The van der Waals surface area contributed by atoms with Crippen LogP contribution in [-0.4, -0.2) is 58.8 Å². The van der Waals surface area contributed by atoms with E-state index in [2.05, 4.69) is 18.2 Å². The number of aromatic hydroxyl groups is 1. The van der Waals surface area contributed by atoms with E-state index in [0.29, 0.717) is 19.3 Å². The number of amides is 2. The van der Waals surface area contributed by atoms with Gasteiger partial charge in [-0.1, -0.05) is 66.7 Å². The Morgan fingerprint density at radius 2 is 1.73 bits per heavy atom. The van der Waals surface area contributed by atoms with Crippen molar-refractivity contribution in [2.45, 2.75) is 31.7 Å². The number of hydrogen-bond donors (Lipinski definition) is 3. The van der Waals surface area contributed by atoms with Crippen molar-refractivity contribution >= 4 is 41.4 Å². The number of benzene rings is 3. The van der Waals surface area contributed by atoms with Crippen LogP contribution in [0.2, 0.25) is 6.32 Å². The van der Waals surface area contributed by atoms with Crippen molar-refractivity contribution in [3.8, 4) is 5.75 Å². The third kappa shape index (κ3) is 4.56. The van der Waals surface area contributed by atoms with Crippen LogP contribution < -0.4 is 0 Å². The second kappa shape index (κ2) is 10.7. The number of allylic oxidation sites excluding steroid dienone is 1. The highest BCUT2D eigenvalue weighted by Crippen LogP contribution is 2.50. The molecule has 6 rings (SSSR count). The van der Waals surface area contributed by atoms with E-state index in [1.165, 1.54) is 11.9 Å². The molecular formula is C32H32BNO6. The molecule has 2 aliphatic heterocycles. The minimum atomic E-state index is -1.06. The molecule has 0 bridgehead atoms. The molecule has 0 unspecified atom stereocenters. The number of phenols is 1. The molecule has 0 saturated carbocycles. The first-order valence-electron chi connectivity index (χ1n) is 13.8. The van der Waals surface area contributed by atoms with Gasteiger partial charge in [0.2, 0.25) is 11.8 Å². The summed E-state index contributed by atoms with van der Waals surface area (Å²) in [5.41, 5.74) is 4.69. The molecule has 2 amide bonds. The van der Waals surface area contributed by atoms with E-state index in [-0.39, 0.29) is 36.4 Å². The second-order valence-electron chi connectivity index (χ2n) is 11.0. The molecule has 204 valence electrons. The number of phenolic OH excluding ortho intramolecular Hbond substituents is 1. The fraction of sp³-hybridized carbons (Fsp3) is 0.312. The van der Waals surface area contributed by atoms with Crippen LogP contribution in [0.1, 0.15) is 30.4 Å². The zero-order chi connectivity index (χ0) is 28.0. The first-order chi connectivity index (χ1) is 19.4. The SMILES string of the molecule is CN1C(=O)[C@@H]2[C@@H](CC(CO)=C3[C@@H](CC/C(=C/c4ccc(O)c5ccccc45)c4ccccc4)OB(O)C[C@@H]32)C1=O. The Morgan fingerprint density at radius 1 is 1.00 bits per heavy atom. The molecule has 0 radical (unpaired) electrons. The molecule has 3 aromatic carbocycles. The number of imide groups is 1. The molecule has 0 aromatic heterocycles. The maximum atomic E-state index is 13.1. The summed E-state index contributed by atoms with van der Waals surface area (Å²) >= 11 is 0. The highest BCUT2D eigenvalue weighted by molar-refractivity contribution is 6.43. The topological polar surface area (TPSA) is 107 Å².